The molecule has 0 amide bonds. The molecule has 0 saturated heterocycles. The molecule has 0 aliphatic heterocycles. The van der Waals surface area contributed by atoms with E-state index in [1.165, 1.54) is 0 Å². The summed E-state index contributed by atoms with van der Waals surface area (Å²) in [5, 5.41) is 1.95. The third-order valence-corrected chi connectivity index (χ3v) is 4.01. The average molecular weight is 274 g/mol. The summed E-state index contributed by atoms with van der Waals surface area (Å²) < 4.78 is 5.32. The lowest BCUT2D eigenvalue weighted by molar-refractivity contribution is 0.0862. The van der Waals surface area contributed by atoms with Gasteiger partial charge in [-0.1, -0.05) is 38.8 Å². The van der Waals surface area contributed by atoms with Gasteiger partial charge in [-0.2, -0.15) is 0 Å². The number of hydrogen-bond donors (Lipinski definition) is 0. The van der Waals surface area contributed by atoms with Crippen molar-refractivity contribution in [1.82, 2.24) is 0 Å². The zero-order chi connectivity index (χ0) is 8.04. The summed E-state index contributed by atoms with van der Waals surface area (Å²) in [4.78, 5) is 0. The number of alkyl halides is 2. The highest BCUT2D eigenvalue weighted by atomic mass is 79.9. The largest absolute Gasteiger partial charge is 0.381 e. The van der Waals surface area contributed by atoms with Crippen LogP contribution in [0, 0.1) is 5.41 Å². The van der Waals surface area contributed by atoms with E-state index in [0.29, 0.717) is 0 Å². The summed E-state index contributed by atoms with van der Waals surface area (Å²) in [5.74, 6) is 0. The Hall–Kier alpha value is 0.920. The maximum Gasteiger partial charge on any atom is 0.0535 e. The quantitative estimate of drug-likeness (QED) is 0.700. The van der Waals surface area contributed by atoms with E-state index in [2.05, 4.69) is 38.8 Å². The molecule has 0 aromatic heterocycles. The number of hydrogen-bond acceptors (Lipinski definition) is 1. The Kier molecular flexibility index (Phi) is 6.07. The normalized spacial score (nSPS) is 12.0. The fourth-order valence-corrected chi connectivity index (χ4v) is 1.71. The van der Waals surface area contributed by atoms with E-state index in [9.17, 15) is 0 Å². The van der Waals surface area contributed by atoms with E-state index >= 15 is 0 Å². The summed E-state index contributed by atoms with van der Waals surface area (Å²) >= 11 is 6.90. The van der Waals surface area contributed by atoms with Crippen molar-refractivity contribution in [2.45, 2.75) is 13.8 Å². The molecule has 0 bridgehead atoms. The molecule has 0 rings (SSSR count). The highest BCUT2D eigenvalue weighted by molar-refractivity contribution is 9.09. The zero-order valence-electron chi connectivity index (χ0n) is 6.49. The van der Waals surface area contributed by atoms with Gasteiger partial charge in [0.25, 0.3) is 0 Å². The van der Waals surface area contributed by atoms with Crippen molar-refractivity contribution in [2.24, 2.45) is 5.41 Å². The number of ether oxygens (including phenoxy) is 1. The molecule has 3 heteroatoms. The Morgan fingerprint density at radius 2 is 1.80 bits per heavy atom. The van der Waals surface area contributed by atoms with E-state index in [0.717, 1.165) is 23.9 Å². The van der Waals surface area contributed by atoms with E-state index in [-0.39, 0.29) is 5.41 Å². The molecule has 0 saturated carbocycles. The van der Waals surface area contributed by atoms with E-state index in [1.54, 1.807) is 0 Å². The third-order valence-electron chi connectivity index (χ3n) is 1.30. The molecule has 0 fully saturated rings. The third kappa shape index (κ3) is 3.94. The Labute approximate surface area is 79.8 Å². The van der Waals surface area contributed by atoms with Crippen molar-refractivity contribution in [3.63, 3.8) is 0 Å². The Morgan fingerprint density at radius 3 is 2.10 bits per heavy atom. The molecule has 10 heavy (non-hydrogen) atoms. The predicted molar refractivity (Wildman–Crippen MR) is 52.2 cm³/mol. The van der Waals surface area contributed by atoms with Crippen LogP contribution in [0.15, 0.2) is 0 Å². The van der Waals surface area contributed by atoms with Gasteiger partial charge in [0.15, 0.2) is 0 Å². The first-order valence-electron chi connectivity index (χ1n) is 3.38. The molecule has 62 valence electrons. The van der Waals surface area contributed by atoms with Gasteiger partial charge in [-0.3, -0.25) is 0 Å². The molecule has 0 unspecified atom stereocenters. The molecule has 0 atom stereocenters. The number of rotatable bonds is 5. The van der Waals surface area contributed by atoms with Gasteiger partial charge in [-0.25, -0.2) is 0 Å². The number of halogens is 2. The topological polar surface area (TPSA) is 9.23 Å². The predicted octanol–water partition coefficient (Wildman–Crippen LogP) is 2.82. The lowest BCUT2D eigenvalue weighted by Crippen LogP contribution is -2.26. The van der Waals surface area contributed by atoms with Crippen LogP contribution in [0.25, 0.3) is 0 Å². The minimum absolute atomic E-state index is 0.246. The second kappa shape index (κ2) is 5.56. The van der Waals surface area contributed by atoms with Gasteiger partial charge in [0.2, 0.25) is 0 Å². The van der Waals surface area contributed by atoms with Crippen molar-refractivity contribution in [2.75, 3.05) is 23.9 Å². The van der Waals surface area contributed by atoms with Crippen molar-refractivity contribution in [3.8, 4) is 0 Å². The first-order chi connectivity index (χ1) is 4.68. The summed E-state index contributed by atoms with van der Waals surface area (Å²) in [6.07, 6.45) is 0. The molecule has 0 aromatic rings. The van der Waals surface area contributed by atoms with Crippen LogP contribution in [0.1, 0.15) is 13.8 Å². The second-order valence-electron chi connectivity index (χ2n) is 2.72. The molecule has 0 spiro atoms. The van der Waals surface area contributed by atoms with Gasteiger partial charge in [-0.15, -0.1) is 0 Å². The molecule has 0 N–H and O–H groups in total. The molecular formula is C7H14Br2O. The van der Waals surface area contributed by atoms with Crippen molar-refractivity contribution >= 4 is 31.9 Å². The Morgan fingerprint density at radius 1 is 1.30 bits per heavy atom. The van der Waals surface area contributed by atoms with Crippen LogP contribution in [0.3, 0.4) is 0 Å². The van der Waals surface area contributed by atoms with Gasteiger partial charge >= 0.3 is 0 Å². The van der Waals surface area contributed by atoms with Crippen molar-refractivity contribution in [3.05, 3.63) is 0 Å². The maximum absolute atomic E-state index is 5.32. The minimum atomic E-state index is 0.246. The highest BCUT2D eigenvalue weighted by Gasteiger charge is 2.21. The van der Waals surface area contributed by atoms with Gasteiger partial charge < -0.3 is 4.74 Å². The summed E-state index contributed by atoms with van der Waals surface area (Å²) in [6, 6.07) is 0. The SMILES string of the molecule is CCOCC(C)(CBr)CBr. The van der Waals surface area contributed by atoms with Crippen molar-refractivity contribution in [1.29, 1.82) is 0 Å². The monoisotopic (exact) mass is 272 g/mol. The first-order valence-corrected chi connectivity index (χ1v) is 5.62. The molecule has 0 aliphatic carbocycles. The van der Waals surface area contributed by atoms with Gasteiger partial charge in [0.05, 0.1) is 6.61 Å². The summed E-state index contributed by atoms with van der Waals surface area (Å²) in [7, 11) is 0. The Balaban J connectivity index is 3.58. The fraction of sp³-hybridized carbons (Fsp3) is 1.00. The standard InChI is InChI=1S/C7H14Br2O/c1-3-10-6-7(2,4-8)5-9/h3-6H2,1-2H3. The Bertz CT molecular complexity index is 81.7. The van der Waals surface area contributed by atoms with Crippen LogP contribution in [-0.4, -0.2) is 23.9 Å². The van der Waals surface area contributed by atoms with E-state index < -0.39 is 0 Å². The average Bonchev–Trinajstić information content (AvgIpc) is 2.00. The minimum Gasteiger partial charge on any atom is -0.381 e. The van der Waals surface area contributed by atoms with Gasteiger partial charge in [-0.05, 0) is 6.92 Å². The lowest BCUT2D eigenvalue weighted by Gasteiger charge is -2.23. The van der Waals surface area contributed by atoms with Crippen LogP contribution in [0.4, 0.5) is 0 Å². The molecule has 0 heterocycles. The second-order valence-corrected chi connectivity index (χ2v) is 3.84. The van der Waals surface area contributed by atoms with Crippen LogP contribution < -0.4 is 0 Å². The molecular weight excluding hydrogens is 260 g/mol. The van der Waals surface area contributed by atoms with Crippen LogP contribution in [-0.2, 0) is 4.74 Å². The van der Waals surface area contributed by atoms with E-state index in [4.69, 9.17) is 4.74 Å². The van der Waals surface area contributed by atoms with E-state index in [1.807, 2.05) is 6.92 Å². The summed E-state index contributed by atoms with van der Waals surface area (Å²) in [6.45, 7) is 5.82. The van der Waals surface area contributed by atoms with Crippen LogP contribution in [0.2, 0.25) is 0 Å². The van der Waals surface area contributed by atoms with Crippen molar-refractivity contribution < 1.29 is 4.74 Å². The highest BCUT2D eigenvalue weighted by Crippen LogP contribution is 2.22. The van der Waals surface area contributed by atoms with Crippen LogP contribution >= 0.6 is 31.9 Å². The van der Waals surface area contributed by atoms with Gasteiger partial charge in [0.1, 0.15) is 0 Å². The smallest absolute Gasteiger partial charge is 0.0535 e. The maximum atomic E-state index is 5.32. The van der Waals surface area contributed by atoms with Crippen LogP contribution in [0.5, 0.6) is 0 Å². The first kappa shape index (κ1) is 10.9. The molecule has 0 aromatic carbocycles. The molecule has 0 aliphatic rings. The lowest BCUT2D eigenvalue weighted by atomic mass is 9.98. The zero-order valence-corrected chi connectivity index (χ0v) is 9.66. The molecule has 1 nitrogen and oxygen atoms in total. The van der Waals surface area contributed by atoms with Gasteiger partial charge in [0, 0.05) is 22.7 Å². The fourth-order valence-electron chi connectivity index (χ4n) is 0.461. The molecule has 0 radical (unpaired) electrons. The summed E-state index contributed by atoms with van der Waals surface area (Å²) in [5.41, 5.74) is 0.246.